The Balaban J connectivity index is 1.73. The van der Waals surface area contributed by atoms with E-state index in [0.717, 1.165) is 22.5 Å². The topological polar surface area (TPSA) is 38.1 Å². The summed E-state index contributed by atoms with van der Waals surface area (Å²) in [5, 5.41) is 0. The van der Waals surface area contributed by atoms with Crippen LogP contribution in [0.4, 0.5) is 5.69 Å². The maximum atomic E-state index is 12.8. The second-order valence-corrected chi connectivity index (χ2v) is 7.67. The lowest BCUT2D eigenvalue weighted by molar-refractivity contribution is -0.117. The minimum atomic E-state index is 0.123. The number of hydrogen-bond donors (Lipinski definition) is 0. The van der Waals surface area contributed by atoms with Gasteiger partial charge in [0, 0.05) is 30.6 Å². The number of fused-ring (bicyclic) bond motifs is 1. The lowest BCUT2D eigenvalue weighted by Crippen LogP contribution is -2.24. The number of amides is 1. The first-order chi connectivity index (χ1) is 12.4. The summed E-state index contributed by atoms with van der Waals surface area (Å²) in [7, 11) is 0. The number of para-hydroxylation sites is 2. The highest BCUT2D eigenvalue weighted by atomic mass is 16.2. The molecule has 4 heteroatoms. The molecule has 0 spiro atoms. The van der Waals surface area contributed by atoms with Crippen molar-refractivity contribution in [2.75, 3.05) is 11.4 Å². The Kier molecular flexibility index (Phi) is 4.06. The maximum absolute atomic E-state index is 12.8. The summed E-state index contributed by atoms with van der Waals surface area (Å²) in [5.74, 6) is 1.34. The van der Waals surface area contributed by atoms with Gasteiger partial charge in [0.1, 0.15) is 5.82 Å². The SMILES string of the molecule is Cc1cc(C)cc(N2C[C@H](c3nc4ccccc4n3C(C)C)CC2=O)c1. The smallest absolute Gasteiger partial charge is 0.227 e. The summed E-state index contributed by atoms with van der Waals surface area (Å²) >= 11 is 0. The van der Waals surface area contributed by atoms with E-state index in [1.165, 1.54) is 11.1 Å². The molecule has 2 aromatic carbocycles. The average Bonchev–Trinajstić information content (AvgIpc) is 3.14. The van der Waals surface area contributed by atoms with E-state index in [1.54, 1.807) is 0 Å². The van der Waals surface area contributed by atoms with Crippen molar-refractivity contribution in [3.05, 3.63) is 59.4 Å². The van der Waals surface area contributed by atoms with Crippen LogP contribution in [0, 0.1) is 13.8 Å². The number of hydrogen-bond acceptors (Lipinski definition) is 2. The van der Waals surface area contributed by atoms with Crippen LogP contribution >= 0.6 is 0 Å². The van der Waals surface area contributed by atoms with Crippen molar-refractivity contribution in [1.82, 2.24) is 9.55 Å². The number of benzene rings is 2. The zero-order chi connectivity index (χ0) is 18.4. The van der Waals surface area contributed by atoms with Crippen molar-refractivity contribution >= 4 is 22.6 Å². The molecule has 4 rings (SSSR count). The Morgan fingerprint density at radius 2 is 1.77 bits per heavy atom. The molecule has 0 radical (unpaired) electrons. The van der Waals surface area contributed by atoms with Gasteiger partial charge >= 0.3 is 0 Å². The first kappa shape index (κ1) is 16.8. The fourth-order valence-corrected chi connectivity index (χ4v) is 4.13. The van der Waals surface area contributed by atoms with Crippen molar-refractivity contribution in [3.63, 3.8) is 0 Å². The van der Waals surface area contributed by atoms with Crippen molar-refractivity contribution in [2.24, 2.45) is 0 Å². The van der Waals surface area contributed by atoms with Gasteiger partial charge in [-0.1, -0.05) is 18.2 Å². The number of carbonyl (C=O) groups is 1. The molecule has 0 unspecified atom stereocenters. The maximum Gasteiger partial charge on any atom is 0.227 e. The second-order valence-electron chi connectivity index (χ2n) is 7.67. The summed E-state index contributed by atoms with van der Waals surface area (Å²) in [6.07, 6.45) is 0.517. The number of anilines is 1. The summed E-state index contributed by atoms with van der Waals surface area (Å²) in [4.78, 5) is 19.6. The van der Waals surface area contributed by atoms with Gasteiger partial charge in [-0.15, -0.1) is 0 Å². The predicted octanol–water partition coefficient (Wildman–Crippen LogP) is 4.75. The standard InChI is InChI=1S/C22H25N3O/c1-14(2)25-20-8-6-5-7-19(20)23-22(25)17-12-21(26)24(13-17)18-10-15(3)9-16(4)11-18/h5-11,14,17H,12-13H2,1-4H3/t17-/m1/s1. The third-order valence-electron chi connectivity index (χ3n) is 5.15. The molecule has 0 saturated carbocycles. The molecular formula is C22H25N3O. The van der Waals surface area contributed by atoms with E-state index in [4.69, 9.17) is 4.98 Å². The molecule has 4 nitrogen and oxygen atoms in total. The summed E-state index contributed by atoms with van der Waals surface area (Å²) in [6.45, 7) is 9.20. The molecule has 3 aromatic rings. The number of aryl methyl sites for hydroxylation is 2. The second kappa shape index (κ2) is 6.27. The molecule has 1 atom stereocenters. The summed E-state index contributed by atoms with van der Waals surface area (Å²) < 4.78 is 2.29. The first-order valence-electron chi connectivity index (χ1n) is 9.29. The van der Waals surface area contributed by atoms with Crippen LogP contribution in [-0.4, -0.2) is 22.0 Å². The van der Waals surface area contributed by atoms with Gasteiger partial charge in [0.2, 0.25) is 5.91 Å². The molecule has 1 aromatic heterocycles. The Morgan fingerprint density at radius 1 is 1.08 bits per heavy atom. The molecule has 26 heavy (non-hydrogen) atoms. The molecule has 2 heterocycles. The van der Waals surface area contributed by atoms with Gasteiger partial charge in [-0.25, -0.2) is 4.98 Å². The number of imidazole rings is 1. The lowest BCUT2D eigenvalue weighted by Gasteiger charge is -2.19. The predicted molar refractivity (Wildman–Crippen MR) is 106 cm³/mol. The quantitative estimate of drug-likeness (QED) is 0.685. The molecule has 0 aliphatic carbocycles. The van der Waals surface area contributed by atoms with Crippen LogP contribution < -0.4 is 4.90 Å². The zero-order valence-corrected chi connectivity index (χ0v) is 15.9. The summed E-state index contributed by atoms with van der Waals surface area (Å²) in [5.41, 5.74) is 5.53. The molecule has 1 fully saturated rings. The van der Waals surface area contributed by atoms with Gasteiger partial charge in [-0.3, -0.25) is 4.79 Å². The van der Waals surface area contributed by atoms with E-state index < -0.39 is 0 Å². The van der Waals surface area contributed by atoms with Crippen LogP contribution in [0.3, 0.4) is 0 Å². The van der Waals surface area contributed by atoms with E-state index in [1.807, 2.05) is 17.0 Å². The number of rotatable bonds is 3. The molecular weight excluding hydrogens is 322 g/mol. The van der Waals surface area contributed by atoms with Crippen LogP contribution in [0.25, 0.3) is 11.0 Å². The van der Waals surface area contributed by atoms with Crippen LogP contribution in [0.2, 0.25) is 0 Å². The summed E-state index contributed by atoms with van der Waals surface area (Å²) in [6, 6.07) is 14.9. The van der Waals surface area contributed by atoms with E-state index in [2.05, 4.69) is 62.6 Å². The monoisotopic (exact) mass is 347 g/mol. The van der Waals surface area contributed by atoms with E-state index in [-0.39, 0.29) is 11.8 Å². The molecule has 1 saturated heterocycles. The Labute approximate surface area is 154 Å². The Morgan fingerprint density at radius 3 is 2.46 bits per heavy atom. The Bertz CT molecular complexity index is 966. The number of carbonyl (C=O) groups excluding carboxylic acids is 1. The zero-order valence-electron chi connectivity index (χ0n) is 15.9. The first-order valence-corrected chi connectivity index (χ1v) is 9.29. The van der Waals surface area contributed by atoms with Crippen LogP contribution in [-0.2, 0) is 4.79 Å². The van der Waals surface area contributed by atoms with Crippen LogP contribution in [0.5, 0.6) is 0 Å². The highest BCUT2D eigenvalue weighted by Gasteiger charge is 2.35. The van der Waals surface area contributed by atoms with Gasteiger partial charge in [0.15, 0.2) is 0 Å². The fourth-order valence-electron chi connectivity index (χ4n) is 4.13. The van der Waals surface area contributed by atoms with Gasteiger partial charge in [0.25, 0.3) is 0 Å². The minimum Gasteiger partial charge on any atom is -0.325 e. The number of nitrogens with zero attached hydrogens (tertiary/aromatic N) is 3. The molecule has 1 aliphatic rings. The van der Waals surface area contributed by atoms with E-state index in [0.29, 0.717) is 19.0 Å². The van der Waals surface area contributed by atoms with Crippen molar-refractivity contribution < 1.29 is 4.79 Å². The van der Waals surface area contributed by atoms with Crippen LogP contribution in [0.15, 0.2) is 42.5 Å². The molecule has 134 valence electrons. The van der Waals surface area contributed by atoms with Crippen molar-refractivity contribution in [2.45, 2.75) is 46.1 Å². The number of aromatic nitrogens is 2. The van der Waals surface area contributed by atoms with E-state index in [9.17, 15) is 4.79 Å². The van der Waals surface area contributed by atoms with E-state index >= 15 is 0 Å². The third-order valence-corrected chi connectivity index (χ3v) is 5.15. The normalized spacial score (nSPS) is 17.7. The van der Waals surface area contributed by atoms with Gasteiger partial charge < -0.3 is 9.47 Å². The largest absolute Gasteiger partial charge is 0.325 e. The molecule has 0 N–H and O–H groups in total. The van der Waals surface area contributed by atoms with Crippen molar-refractivity contribution in [1.29, 1.82) is 0 Å². The van der Waals surface area contributed by atoms with Crippen LogP contribution in [0.1, 0.15) is 49.2 Å². The fraction of sp³-hybridized carbons (Fsp3) is 0.364. The highest BCUT2D eigenvalue weighted by molar-refractivity contribution is 5.96. The highest BCUT2D eigenvalue weighted by Crippen LogP contribution is 2.35. The van der Waals surface area contributed by atoms with Gasteiger partial charge in [0.05, 0.1) is 11.0 Å². The lowest BCUT2D eigenvalue weighted by atomic mass is 10.1. The molecule has 1 amide bonds. The minimum absolute atomic E-state index is 0.123. The van der Waals surface area contributed by atoms with Gasteiger partial charge in [-0.05, 0) is 63.1 Å². The molecule has 0 bridgehead atoms. The average molecular weight is 347 g/mol. The van der Waals surface area contributed by atoms with Crippen molar-refractivity contribution in [3.8, 4) is 0 Å². The Hall–Kier alpha value is -2.62. The third kappa shape index (κ3) is 2.79. The van der Waals surface area contributed by atoms with Gasteiger partial charge in [-0.2, -0.15) is 0 Å². The molecule has 1 aliphatic heterocycles.